The van der Waals surface area contributed by atoms with E-state index in [0.717, 1.165) is 37.8 Å². The van der Waals surface area contributed by atoms with Crippen LogP contribution >= 0.6 is 0 Å². The summed E-state index contributed by atoms with van der Waals surface area (Å²) in [7, 11) is 0. The van der Waals surface area contributed by atoms with Crippen molar-refractivity contribution in [1.82, 2.24) is 15.1 Å². The van der Waals surface area contributed by atoms with Gasteiger partial charge in [-0.1, -0.05) is 19.4 Å². The predicted molar refractivity (Wildman–Crippen MR) is 97.9 cm³/mol. The van der Waals surface area contributed by atoms with Gasteiger partial charge in [0.1, 0.15) is 0 Å². The Morgan fingerprint density at radius 3 is 2.78 bits per heavy atom. The number of halogens is 2. The van der Waals surface area contributed by atoms with Crippen LogP contribution < -0.4 is 5.32 Å². The minimum absolute atomic E-state index is 0.0161. The largest absolute Gasteiger partial charge is 0.338 e. The fourth-order valence-electron chi connectivity index (χ4n) is 4.07. The monoisotopic (exact) mass is 379 g/mol. The lowest BCUT2D eigenvalue weighted by molar-refractivity contribution is -0.146. The second kappa shape index (κ2) is 8.23. The van der Waals surface area contributed by atoms with E-state index >= 15 is 0 Å². The number of urea groups is 1. The first-order valence-electron chi connectivity index (χ1n) is 9.71. The summed E-state index contributed by atoms with van der Waals surface area (Å²) in [6.07, 6.45) is 4.22. The molecular weight excluding hydrogens is 352 g/mol. The van der Waals surface area contributed by atoms with Crippen LogP contribution in [0.5, 0.6) is 0 Å². The fraction of sp³-hybridized carbons (Fsp3) is 0.600. The molecule has 2 fully saturated rings. The minimum atomic E-state index is -0.900. The molecule has 1 atom stereocenters. The summed E-state index contributed by atoms with van der Waals surface area (Å²) in [4.78, 5) is 28.9. The van der Waals surface area contributed by atoms with Crippen LogP contribution in [0.1, 0.15) is 44.6 Å². The topological polar surface area (TPSA) is 52.7 Å². The average Bonchev–Trinajstić information content (AvgIpc) is 3.07. The third-order valence-corrected chi connectivity index (χ3v) is 5.63. The predicted octanol–water partition coefficient (Wildman–Crippen LogP) is 3.29. The molecular formula is C20H27F2N3O2. The third-order valence-electron chi connectivity index (χ3n) is 5.63. The molecule has 0 aromatic heterocycles. The second-order valence-corrected chi connectivity index (χ2v) is 7.62. The minimum Gasteiger partial charge on any atom is -0.338 e. The molecule has 2 aliphatic rings. The highest BCUT2D eigenvalue weighted by Gasteiger charge is 2.49. The normalized spacial score (nSPS) is 22.6. The first kappa shape index (κ1) is 19.6. The van der Waals surface area contributed by atoms with Crippen LogP contribution in [0.15, 0.2) is 18.2 Å². The van der Waals surface area contributed by atoms with Crippen LogP contribution in [0, 0.1) is 17.0 Å². The highest BCUT2D eigenvalue weighted by atomic mass is 19.2. The first-order valence-corrected chi connectivity index (χ1v) is 9.71. The Hall–Kier alpha value is -2.18. The van der Waals surface area contributed by atoms with Gasteiger partial charge in [0.25, 0.3) is 0 Å². The maximum absolute atomic E-state index is 13.5. The summed E-state index contributed by atoms with van der Waals surface area (Å²) in [5.41, 5.74) is 0.0327. The van der Waals surface area contributed by atoms with Gasteiger partial charge in [-0.05, 0) is 43.4 Å². The van der Waals surface area contributed by atoms with Crippen molar-refractivity contribution in [2.45, 2.75) is 45.6 Å². The van der Waals surface area contributed by atoms with Gasteiger partial charge in [-0.3, -0.25) is 4.79 Å². The molecule has 1 unspecified atom stereocenters. The number of benzene rings is 1. The van der Waals surface area contributed by atoms with Crippen molar-refractivity contribution in [3.63, 3.8) is 0 Å². The SMILES string of the molecule is CCCCNC(=O)N1CCC2(CCCN(Cc3ccc(F)c(F)c3)C2=O)C1. The van der Waals surface area contributed by atoms with Crippen LogP contribution in [0.3, 0.4) is 0 Å². The number of carbonyl (C=O) groups is 2. The molecule has 0 bridgehead atoms. The van der Waals surface area contributed by atoms with E-state index in [-0.39, 0.29) is 18.5 Å². The number of rotatable bonds is 5. The van der Waals surface area contributed by atoms with Crippen molar-refractivity contribution < 1.29 is 18.4 Å². The Labute approximate surface area is 158 Å². The van der Waals surface area contributed by atoms with Gasteiger partial charge in [0.2, 0.25) is 5.91 Å². The summed E-state index contributed by atoms with van der Waals surface area (Å²) in [6, 6.07) is 3.64. The van der Waals surface area contributed by atoms with Crippen LogP contribution in [-0.4, -0.2) is 47.9 Å². The van der Waals surface area contributed by atoms with Crippen LogP contribution in [0.25, 0.3) is 0 Å². The number of hydrogen-bond donors (Lipinski definition) is 1. The molecule has 0 radical (unpaired) electrons. The number of unbranched alkanes of at least 4 members (excludes halogenated alkanes) is 1. The Bertz CT molecular complexity index is 712. The van der Waals surface area contributed by atoms with E-state index in [1.54, 1.807) is 9.80 Å². The highest BCUT2D eigenvalue weighted by molar-refractivity contribution is 5.85. The second-order valence-electron chi connectivity index (χ2n) is 7.62. The molecule has 27 heavy (non-hydrogen) atoms. The number of carbonyl (C=O) groups excluding carboxylic acids is 2. The van der Waals surface area contributed by atoms with Crippen molar-refractivity contribution >= 4 is 11.9 Å². The zero-order chi connectivity index (χ0) is 19.4. The molecule has 7 heteroatoms. The van der Waals surface area contributed by atoms with E-state index in [1.165, 1.54) is 6.07 Å². The molecule has 3 amide bonds. The van der Waals surface area contributed by atoms with Gasteiger partial charge in [0.15, 0.2) is 11.6 Å². The van der Waals surface area contributed by atoms with Gasteiger partial charge in [0.05, 0.1) is 5.41 Å². The van der Waals surface area contributed by atoms with E-state index in [2.05, 4.69) is 12.2 Å². The van der Waals surface area contributed by atoms with Crippen LogP contribution in [0.2, 0.25) is 0 Å². The number of likely N-dealkylation sites (tertiary alicyclic amines) is 2. The quantitative estimate of drug-likeness (QED) is 0.798. The Morgan fingerprint density at radius 1 is 1.22 bits per heavy atom. The molecule has 1 aromatic rings. The van der Waals surface area contributed by atoms with Crippen molar-refractivity contribution in [3.8, 4) is 0 Å². The standard InChI is InChI=1S/C20H27F2N3O2/c1-2-3-9-23-19(27)25-11-8-20(14-25)7-4-10-24(18(20)26)13-15-5-6-16(21)17(22)12-15/h5-6,12H,2-4,7-11,13-14H2,1H3,(H,23,27). The molecule has 2 saturated heterocycles. The van der Waals surface area contributed by atoms with Gasteiger partial charge >= 0.3 is 6.03 Å². The highest BCUT2D eigenvalue weighted by Crippen LogP contribution is 2.40. The molecule has 1 spiro atoms. The summed E-state index contributed by atoms with van der Waals surface area (Å²) in [5.74, 6) is -1.77. The van der Waals surface area contributed by atoms with Crippen molar-refractivity contribution in [1.29, 1.82) is 0 Å². The summed E-state index contributed by atoms with van der Waals surface area (Å²) >= 11 is 0. The van der Waals surface area contributed by atoms with Gasteiger partial charge in [-0.15, -0.1) is 0 Å². The number of amides is 3. The van der Waals surface area contributed by atoms with Crippen molar-refractivity contribution in [2.75, 3.05) is 26.2 Å². The van der Waals surface area contributed by atoms with E-state index in [1.807, 2.05) is 0 Å². The summed E-state index contributed by atoms with van der Waals surface area (Å²) in [5, 5.41) is 2.91. The molecule has 0 saturated carbocycles. The molecule has 3 rings (SSSR count). The van der Waals surface area contributed by atoms with E-state index in [0.29, 0.717) is 38.2 Å². The molecule has 2 aliphatic heterocycles. The maximum Gasteiger partial charge on any atom is 0.317 e. The fourth-order valence-corrected chi connectivity index (χ4v) is 4.07. The van der Waals surface area contributed by atoms with Gasteiger partial charge in [-0.25, -0.2) is 13.6 Å². The van der Waals surface area contributed by atoms with Gasteiger partial charge in [-0.2, -0.15) is 0 Å². The van der Waals surface area contributed by atoms with Crippen molar-refractivity contribution in [2.24, 2.45) is 5.41 Å². The third kappa shape index (κ3) is 4.22. The van der Waals surface area contributed by atoms with Crippen LogP contribution in [0.4, 0.5) is 13.6 Å². The molecule has 2 heterocycles. The molecule has 1 N–H and O–H groups in total. The smallest absolute Gasteiger partial charge is 0.317 e. The Balaban J connectivity index is 1.64. The molecule has 148 valence electrons. The van der Waals surface area contributed by atoms with E-state index in [9.17, 15) is 18.4 Å². The Kier molecular flexibility index (Phi) is 5.97. The van der Waals surface area contributed by atoms with Gasteiger partial charge < -0.3 is 15.1 Å². The average molecular weight is 379 g/mol. The summed E-state index contributed by atoms with van der Waals surface area (Å²) < 4.78 is 26.6. The summed E-state index contributed by atoms with van der Waals surface area (Å²) in [6.45, 7) is 4.58. The van der Waals surface area contributed by atoms with Crippen molar-refractivity contribution in [3.05, 3.63) is 35.4 Å². The number of nitrogens with one attached hydrogen (secondary N) is 1. The molecule has 5 nitrogen and oxygen atoms in total. The zero-order valence-corrected chi connectivity index (χ0v) is 15.8. The van der Waals surface area contributed by atoms with E-state index < -0.39 is 17.0 Å². The lowest BCUT2D eigenvalue weighted by Crippen LogP contribution is -2.50. The zero-order valence-electron chi connectivity index (χ0n) is 15.8. The first-order chi connectivity index (χ1) is 12.9. The number of nitrogens with zero attached hydrogens (tertiary/aromatic N) is 2. The van der Waals surface area contributed by atoms with E-state index in [4.69, 9.17) is 0 Å². The lowest BCUT2D eigenvalue weighted by Gasteiger charge is -2.39. The Morgan fingerprint density at radius 2 is 2.04 bits per heavy atom. The lowest BCUT2D eigenvalue weighted by atomic mass is 9.78. The molecule has 1 aromatic carbocycles. The molecule has 0 aliphatic carbocycles. The number of hydrogen-bond acceptors (Lipinski definition) is 2. The number of piperidine rings is 1. The van der Waals surface area contributed by atoms with Crippen LogP contribution in [-0.2, 0) is 11.3 Å². The van der Waals surface area contributed by atoms with Gasteiger partial charge in [0, 0.05) is 32.7 Å². The maximum atomic E-state index is 13.5.